The van der Waals surface area contributed by atoms with Crippen LogP contribution in [-0.4, -0.2) is 0 Å². The van der Waals surface area contributed by atoms with E-state index in [1.54, 1.807) is 0 Å². The quantitative estimate of drug-likeness (QED) is 0.171. The fraction of sp³-hybridized carbons (Fsp3) is 0. The second-order valence-corrected chi connectivity index (χ2v) is 12.8. The van der Waals surface area contributed by atoms with E-state index in [1.165, 1.54) is 41.7 Å². The van der Waals surface area contributed by atoms with Crippen LogP contribution >= 0.6 is 11.3 Å². The lowest BCUT2D eigenvalue weighted by molar-refractivity contribution is 1.29. The molecule has 0 N–H and O–H groups in total. The van der Waals surface area contributed by atoms with Crippen molar-refractivity contribution in [2.45, 2.75) is 0 Å². The molecule has 0 unspecified atom stereocenters. The van der Waals surface area contributed by atoms with Gasteiger partial charge in [-0.2, -0.15) is 0 Å². The maximum absolute atomic E-state index is 2.37. The molecule has 0 fully saturated rings. The molecule has 1 heterocycles. The summed E-state index contributed by atoms with van der Waals surface area (Å²) in [7, 11) is 0. The van der Waals surface area contributed by atoms with Crippen molar-refractivity contribution in [2.75, 3.05) is 9.80 Å². The van der Waals surface area contributed by atoms with Gasteiger partial charge in [0.2, 0.25) is 0 Å². The first-order valence-corrected chi connectivity index (χ1v) is 16.8. The summed E-state index contributed by atoms with van der Waals surface area (Å²) >= 11 is 1.89. The van der Waals surface area contributed by atoms with Gasteiger partial charge in [0.05, 0.1) is 0 Å². The van der Waals surface area contributed by atoms with E-state index >= 15 is 0 Å². The fourth-order valence-electron chi connectivity index (χ4n) is 6.91. The van der Waals surface area contributed by atoms with Crippen molar-refractivity contribution in [1.82, 2.24) is 0 Å². The molecule has 9 aromatic rings. The first-order valence-electron chi connectivity index (χ1n) is 15.9. The largest absolute Gasteiger partial charge is 0.310 e. The average Bonchev–Trinajstić information content (AvgIpc) is 3.53. The number of nitrogens with zero attached hydrogens (tertiary/aromatic N) is 2. The van der Waals surface area contributed by atoms with Gasteiger partial charge in [-0.1, -0.05) is 109 Å². The number of thiophene rings is 1. The summed E-state index contributed by atoms with van der Waals surface area (Å²) in [6, 6.07) is 65.4. The van der Waals surface area contributed by atoms with Gasteiger partial charge < -0.3 is 9.80 Å². The van der Waals surface area contributed by atoms with Gasteiger partial charge in [-0.05, 0) is 89.0 Å². The third-order valence-corrected chi connectivity index (χ3v) is 10.2. The highest BCUT2D eigenvalue weighted by atomic mass is 32.1. The van der Waals surface area contributed by atoms with Crippen molar-refractivity contribution in [3.63, 3.8) is 0 Å². The summed E-state index contributed by atoms with van der Waals surface area (Å²) in [5.74, 6) is 0. The van der Waals surface area contributed by atoms with Gasteiger partial charge in [0.1, 0.15) is 0 Å². The Kier molecular flexibility index (Phi) is 6.69. The molecule has 3 heteroatoms. The van der Waals surface area contributed by atoms with Crippen LogP contribution in [0.4, 0.5) is 34.1 Å². The number of anilines is 6. The van der Waals surface area contributed by atoms with Crippen LogP contribution in [0, 0.1) is 0 Å². The molecule has 47 heavy (non-hydrogen) atoms. The minimum Gasteiger partial charge on any atom is -0.310 e. The van der Waals surface area contributed by atoms with Crippen LogP contribution in [-0.2, 0) is 0 Å². The van der Waals surface area contributed by atoms with Gasteiger partial charge in [0.25, 0.3) is 0 Å². The van der Waals surface area contributed by atoms with Crippen molar-refractivity contribution in [1.29, 1.82) is 0 Å². The minimum atomic E-state index is 1.14. The van der Waals surface area contributed by atoms with E-state index in [-0.39, 0.29) is 0 Å². The molecular weight excluding hydrogens is 589 g/mol. The van der Waals surface area contributed by atoms with Gasteiger partial charge in [-0.3, -0.25) is 0 Å². The van der Waals surface area contributed by atoms with E-state index in [1.807, 2.05) is 11.3 Å². The van der Waals surface area contributed by atoms with Crippen molar-refractivity contribution in [3.05, 3.63) is 182 Å². The van der Waals surface area contributed by atoms with E-state index in [2.05, 4.69) is 192 Å². The maximum atomic E-state index is 2.37. The number of benzene rings is 8. The fourth-order valence-corrected chi connectivity index (χ4v) is 8.20. The van der Waals surface area contributed by atoms with Crippen LogP contribution < -0.4 is 9.80 Å². The van der Waals surface area contributed by atoms with Crippen molar-refractivity contribution >= 4 is 87.2 Å². The Morgan fingerprint density at radius 3 is 1.23 bits per heavy atom. The second-order valence-electron chi connectivity index (χ2n) is 11.8. The van der Waals surface area contributed by atoms with Crippen LogP contribution in [0.1, 0.15) is 0 Å². The number of rotatable bonds is 6. The predicted molar refractivity (Wildman–Crippen MR) is 204 cm³/mol. The van der Waals surface area contributed by atoms with Gasteiger partial charge in [-0.15, -0.1) is 11.3 Å². The van der Waals surface area contributed by atoms with E-state index in [9.17, 15) is 0 Å². The molecule has 0 radical (unpaired) electrons. The number of hydrogen-bond acceptors (Lipinski definition) is 3. The molecule has 8 aromatic carbocycles. The van der Waals surface area contributed by atoms with Crippen molar-refractivity contribution < 1.29 is 0 Å². The Morgan fingerprint density at radius 2 is 0.723 bits per heavy atom. The third-order valence-electron chi connectivity index (χ3n) is 8.98. The Balaban J connectivity index is 1.27. The van der Waals surface area contributed by atoms with Crippen LogP contribution in [0.25, 0.3) is 41.7 Å². The monoisotopic (exact) mass is 618 g/mol. The highest BCUT2D eigenvalue weighted by Gasteiger charge is 2.19. The molecular formula is C44H30N2S. The van der Waals surface area contributed by atoms with E-state index in [4.69, 9.17) is 0 Å². The molecule has 0 spiro atoms. The van der Waals surface area contributed by atoms with E-state index in [0.717, 1.165) is 34.1 Å². The third kappa shape index (κ3) is 4.72. The van der Waals surface area contributed by atoms with E-state index in [0.29, 0.717) is 0 Å². The molecule has 0 atom stereocenters. The van der Waals surface area contributed by atoms with Gasteiger partial charge >= 0.3 is 0 Å². The zero-order valence-corrected chi connectivity index (χ0v) is 26.4. The van der Waals surface area contributed by atoms with Crippen LogP contribution in [0.3, 0.4) is 0 Å². The molecule has 0 bridgehead atoms. The standard InChI is InChI=1S/C44H30N2S/c1-5-15-31(16-6-1)45(32-17-7-2-8-18-32)35-25-27-39-41(29-35)37-23-13-14-24-38(37)43-40-28-26-36(30-42(40)47-44(39)43)46(33-19-9-3-10-20-33)34-21-11-4-12-22-34/h1-30H. The Bertz CT molecular complexity index is 2430. The summed E-state index contributed by atoms with van der Waals surface area (Å²) in [5.41, 5.74) is 6.86. The predicted octanol–water partition coefficient (Wildman–Crippen LogP) is 13.3. The highest BCUT2D eigenvalue weighted by Crippen LogP contribution is 2.47. The molecule has 0 aliphatic carbocycles. The number of para-hydroxylation sites is 4. The summed E-state index contributed by atoms with van der Waals surface area (Å²) in [6.07, 6.45) is 0. The number of hydrogen-bond donors (Lipinski definition) is 0. The summed E-state index contributed by atoms with van der Waals surface area (Å²) in [5, 5.41) is 7.75. The lowest BCUT2D eigenvalue weighted by Gasteiger charge is -2.26. The smallest absolute Gasteiger partial charge is 0.0476 e. The van der Waals surface area contributed by atoms with Crippen LogP contribution in [0.15, 0.2) is 182 Å². The topological polar surface area (TPSA) is 6.48 Å². The van der Waals surface area contributed by atoms with Gasteiger partial charge in [0.15, 0.2) is 0 Å². The molecule has 0 saturated heterocycles. The zero-order valence-electron chi connectivity index (χ0n) is 25.6. The summed E-state index contributed by atoms with van der Waals surface area (Å²) in [6.45, 7) is 0. The van der Waals surface area contributed by atoms with Crippen molar-refractivity contribution in [3.8, 4) is 0 Å². The molecule has 0 aliphatic heterocycles. The molecule has 9 rings (SSSR count). The first kappa shape index (κ1) is 27.4. The average molecular weight is 619 g/mol. The summed E-state index contributed by atoms with van der Waals surface area (Å²) in [4.78, 5) is 4.69. The molecule has 1 aromatic heterocycles. The molecule has 0 aliphatic rings. The first-order chi connectivity index (χ1) is 23.3. The Morgan fingerprint density at radius 1 is 0.298 bits per heavy atom. The van der Waals surface area contributed by atoms with Gasteiger partial charge in [-0.25, -0.2) is 0 Å². The lowest BCUT2D eigenvalue weighted by Crippen LogP contribution is -2.09. The van der Waals surface area contributed by atoms with Crippen LogP contribution in [0.5, 0.6) is 0 Å². The minimum absolute atomic E-state index is 1.14. The highest BCUT2D eigenvalue weighted by molar-refractivity contribution is 7.27. The van der Waals surface area contributed by atoms with Crippen molar-refractivity contribution in [2.24, 2.45) is 0 Å². The molecule has 222 valence electrons. The van der Waals surface area contributed by atoms with Gasteiger partial charge in [0, 0.05) is 59.7 Å². The van der Waals surface area contributed by atoms with E-state index < -0.39 is 0 Å². The van der Waals surface area contributed by atoms with Crippen LogP contribution in [0.2, 0.25) is 0 Å². The SMILES string of the molecule is c1ccc(N(c2ccccc2)c2ccc3c(c2)sc2c4ccc(N(c5ccccc5)c5ccccc5)cc4c4ccccc4c32)cc1. The summed E-state index contributed by atoms with van der Waals surface area (Å²) < 4.78 is 2.61. The zero-order chi connectivity index (χ0) is 31.2. The molecule has 2 nitrogen and oxygen atoms in total. The molecule has 0 saturated carbocycles. The normalized spacial score (nSPS) is 11.4. The molecule has 0 amide bonds. The second kappa shape index (κ2) is 11.5. The lowest BCUT2D eigenvalue weighted by atomic mass is 9.96. The number of fused-ring (bicyclic) bond motifs is 8. The Hall–Kier alpha value is -5.90. The maximum Gasteiger partial charge on any atom is 0.0476 e. The Labute approximate surface area is 278 Å².